The molecule has 27 heavy (non-hydrogen) atoms. The summed E-state index contributed by atoms with van der Waals surface area (Å²) in [5.41, 5.74) is 0.992. The number of hydrogen-bond acceptors (Lipinski definition) is 4. The molecule has 1 aliphatic carbocycles. The molecule has 1 N–H and O–H groups in total. The van der Waals surface area contributed by atoms with Gasteiger partial charge in [-0.1, -0.05) is 31.9 Å². The monoisotopic (exact) mass is 386 g/mol. The van der Waals surface area contributed by atoms with Crippen LogP contribution in [0.1, 0.15) is 56.4 Å². The number of hydrogen-bond donors (Lipinski definition) is 1. The fourth-order valence-corrected chi connectivity index (χ4v) is 5.86. The Bertz CT molecular complexity index is 816. The van der Waals surface area contributed by atoms with Gasteiger partial charge in [0.1, 0.15) is 0 Å². The van der Waals surface area contributed by atoms with Crippen LogP contribution in [0.3, 0.4) is 0 Å². The molecule has 4 unspecified atom stereocenters. The molecule has 2 heterocycles. The molecule has 0 radical (unpaired) electrons. The lowest BCUT2D eigenvalue weighted by Gasteiger charge is -2.47. The zero-order valence-electron chi connectivity index (χ0n) is 15.6. The van der Waals surface area contributed by atoms with Gasteiger partial charge in [-0.25, -0.2) is 4.98 Å². The zero-order chi connectivity index (χ0) is 19.0. The van der Waals surface area contributed by atoms with Crippen molar-refractivity contribution in [3.63, 3.8) is 0 Å². The zero-order valence-corrected chi connectivity index (χ0v) is 16.5. The van der Waals surface area contributed by atoms with Crippen LogP contribution in [0.15, 0.2) is 24.3 Å². The summed E-state index contributed by atoms with van der Waals surface area (Å²) in [7, 11) is 0. The Hall–Kier alpha value is -1.95. The number of carbonyl (C=O) groups is 2. The maximum Gasteiger partial charge on any atom is 0.306 e. The fraction of sp³-hybridized carbons (Fsp3) is 0.571. The predicted molar refractivity (Wildman–Crippen MR) is 106 cm³/mol. The number of carboxylic acids is 1. The van der Waals surface area contributed by atoms with Gasteiger partial charge in [0, 0.05) is 24.9 Å². The number of fused-ring (bicyclic) bond motifs is 2. The van der Waals surface area contributed by atoms with Crippen LogP contribution in [0.2, 0.25) is 0 Å². The van der Waals surface area contributed by atoms with Crippen LogP contribution in [0, 0.1) is 11.8 Å². The van der Waals surface area contributed by atoms with Crippen LogP contribution in [0.25, 0.3) is 10.2 Å². The number of nitrogens with zero attached hydrogens (tertiary/aromatic N) is 2. The van der Waals surface area contributed by atoms with Gasteiger partial charge in [0.2, 0.25) is 5.91 Å². The van der Waals surface area contributed by atoms with Crippen LogP contribution in [-0.4, -0.2) is 39.5 Å². The normalized spacial score (nSPS) is 26.6. The number of rotatable bonds is 4. The molecule has 1 amide bonds. The van der Waals surface area contributed by atoms with Gasteiger partial charge >= 0.3 is 5.97 Å². The molecular formula is C21H26N2O3S. The third-order valence-electron chi connectivity index (χ3n) is 6.23. The number of aliphatic carboxylic acids is 1. The second-order valence-electron chi connectivity index (χ2n) is 7.96. The van der Waals surface area contributed by atoms with E-state index in [1.54, 1.807) is 11.3 Å². The molecule has 5 nitrogen and oxygen atoms in total. The average molecular weight is 387 g/mol. The Balaban J connectivity index is 1.47. The minimum absolute atomic E-state index is 0.0779. The lowest BCUT2D eigenvalue weighted by atomic mass is 9.71. The van der Waals surface area contributed by atoms with Gasteiger partial charge in [-0.05, 0) is 37.3 Å². The average Bonchev–Trinajstić information content (AvgIpc) is 3.11. The summed E-state index contributed by atoms with van der Waals surface area (Å²) >= 11 is 1.66. The van der Waals surface area contributed by atoms with E-state index in [4.69, 9.17) is 4.98 Å². The molecule has 1 saturated heterocycles. The molecule has 0 spiro atoms. The quantitative estimate of drug-likeness (QED) is 0.851. The number of piperidine rings is 1. The molecule has 2 fully saturated rings. The number of thiazole rings is 1. The molecule has 0 bridgehead atoms. The maximum atomic E-state index is 13.1. The molecular weight excluding hydrogens is 360 g/mol. The summed E-state index contributed by atoms with van der Waals surface area (Å²) in [6.07, 6.45) is 5.06. The van der Waals surface area contributed by atoms with E-state index in [9.17, 15) is 14.7 Å². The first-order valence-corrected chi connectivity index (χ1v) is 10.7. The summed E-state index contributed by atoms with van der Waals surface area (Å²) in [6.45, 7) is 2.64. The van der Waals surface area contributed by atoms with E-state index in [2.05, 4.69) is 13.0 Å². The van der Waals surface area contributed by atoms with Gasteiger partial charge in [-0.2, -0.15) is 0 Å². The smallest absolute Gasteiger partial charge is 0.306 e. The molecule has 4 atom stereocenters. The second-order valence-corrected chi connectivity index (χ2v) is 9.02. The first-order chi connectivity index (χ1) is 13.0. The second kappa shape index (κ2) is 7.58. The molecule has 144 valence electrons. The maximum absolute atomic E-state index is 13.1. The number of amides is 1. The Morgan fingerprint density at radius 2 is 2.04 bits per heavy atom. The van der Waals surface area contributed by atoms with E-state index in [0.717, 1.165) is 40.9 Å². The van der Waals surface area contributed by atoms with Gasteiger partial charge in [0.25, 0.3) is 0 Å². The van der Waals surface area contributed by atoms with Crippen molar-refractivity contribution in [2.45, 2.75) is 57.4 Å². The van der Waals surface area contributed by atoms with Crippen molar-refractivity contribution < 1.29 is 14.7 Å². The summed E-state index contributed by atoms with van der Waals surface area (Å²) < 4.78 is 1.15. The Kier molecular flexibility index (Phi) is 5.17. The van der Waals surface area contributed by atoms with Gasteiger partial charge < -0.3 is 10.0 Å². The largest absolute Gasteiger partial charge is 0.481 e. The molecule has 1 aliphatic heterocycles. The van der Waals surface area contributed by atoms with E-state index in [1.165, 1.54) is 0 Å². The molecule has 1 aromatic carbocycles. The van der Waals surface area contributed by atoms with Crippen molar-refractivity contribution in [2.75, 3.05) is 6.54 Å². The standard InChI is InChI=1S/C21H26N2O3S/c1-13(20-22-16-7-3-5-9-18(16)27-20)12-19(24)23-11-10-15(21(25)26)14-6-2-4-8-17(14)23/h3,5,7,9,13-15,17H,2,4,6,8,10-12H2,1H3,(H,25,26). The fourth-order valence-electron chi connectivity index (χ4n) is 4.84. The van der Waals surface area contributed by atoms with E-state index >= 15 is 0 Å². The number of likely N-dealkylation sites (tertiary alicyclic amines) is 1. The first kappa shape index (κ1) is 18.4. The summed E-state index contributed by atoms with van der Waals surface area (Å²) in [5.74, 6) is -0.633. The highest BCUT2D eigenvalue weighted by molar-refractivity contribution is 7.18. The molecule has 1 saturated carbocycles. The topological polar surface area (TPSA) is 70.5 Å². The minimum atomic E-state index is -0.693. The van der Waals surface area contributed by atoms with Crippen LogP contribution in [0.5, 0.6) is 0 Å². The molecule has 6 heteroatoms. The number of aromatic nitrogens is 1. The lowest BCUT2D eigenvalue weighted by Crippen LogP contribution is -2.54. The summed E-state index contributed by atoms with van der Waals surface area (Å²) in [5, 5.41) is 10.6. The van der Waals surface area contributed by atoms with Gasteiger partial charge in [0.15, 0.2) is 0 Å². The molecule has 2 aromatic rings. The van der Waals surface area contributed by atoms with Crippen molar-refractivity contribution in [3.05, 3.63) is 29.3 Å². The number of carbonyl (C=O) groups excluding carboxylic acids is 1. The Labute approximate surface area is 163 Å². The minimum Gasteiger partial charge on any atom is -0.481 e. The SMILES string of the molecule is CC(CC(=O)N1CCC(C(=O)O)C2CCCCC21)c1nc2ccccc2s1. The van der Waals surface area contributed by atoms with Crippen molar-refractivity contribution in [2.24, 2.45) is 11.8 Å². The number of benzene rings is 1. The van der Waals surface area contributed by atoms with Crippen LogP contribution >= 0.6 is 11.3 Å². The predicted octanol–water partition coefficient (Wildman–Crippen LogP) is 4.28. The Morgan fingerprint density at radius 1 is 1.26 bits per heavy atom. The number of carboxylic acid groups (broad SMARTS) is 1. The van der Waals surface area contributed by atoms with Gasteiger partial charge in [0.05, 0.1) is 21.1 Å². The highest BCUT2D eigenvalue weighted by atomic mass is 32.1. The van der Waals surface area contributed by atoms with Crippen molar-refractivity contribution in [1.82, 2.24) is 9.88 Å². The van der Waals surface area contributed by atoms with E-state index in [-0.39, 0.29) is 29.7 Å². The third-order valence-corrected chi connectivity index (χ3v) is 7.50. The van der Waals surface area contributed by atoms with Gasteiger partial charge in [-0.15, -0.1) is 11.3 Å². The first-order valence-electron chi connectivity index (χ1n) is 9.92. The highest BCUT2D eigenvalue weighted by Crippen LogP contribution is 2.40. The van der Waals surface area contributed by atoms with Gasteiger partial charge in [-0.3, -0.25) is 9.59 Å². The summed E-state index contributed by atoms with van der Waals surface area (Å²) in [4.78, 5) is 31.4. The lowest BCUT2D eigenvalue weighted by molar-refractivity contribution is -0.153. The Morgan fingerprint density at radius 3 is 2.81 bits per heavy atom. The molecule has 2 aliphatic rings. The van der Waals surface area contributed by atoms with Crippen LogP contribution < -0.4 is 0 Å². The summed E-state index contributed by atoms with van der Waals surface area (Å²) in [6, 6.07) is 8.17. The van der Waals surface area contributed by atoms with Crippen molar-refractivity contribution in [1.29, 1.82) is 0 Å². The van der Waals surface area contributed by atoms with E-state index < -0.39 is 5.97 Å². The van der Waals surface area contributed by atoms with Crippen LogP contribution in [0.4, 0.5) is 0 Å². The van der Waals surface area contributed by atoms with E-state index in [0.29, 0.717) is 19.4 Å². The highest BCUT2D eigenvalue weighted by Gasteiger charge is 2.44. The van der Waals surface area contributed by atoms with Crippen molar-refractivity contribution >= 4 is 33.4 Å². The van der Waals surface area contributed by atoms with Crippen molar-refractivity contribution in [3.8, 4) is 0 Å². The third kappa shape index (κ3) is 3.59. The number of para-hydroxylation sites is 1. The van der Waals surface area contributed by atoms with Crippen LogP contribution in [-0.2, 0) is 9.59 Å². The molecule has 1 aromatic heterocycles. The van der Waals surface area contributed by atoms with E-state index in [1.807, 2.05) is 23.1 Å². The molecule has 4 rings (SSSR count).